The molecule has 0 amide bonds. The SMILES string of the molecule is CC(C)(C)c1ccc(C(O)c2ccc(Br)cc2Br)s1. The summed E-state index contributed by atoms with van der Waals surface area (Å²) >= 11 is 8.60. The largest absolute Gasteiger partial charge is 0.383 e. The molecule has 2 aromatic rings. The Kier molecular flexibility index (Phi) is 4.56. The van der Waals surface area contributed by atoms with E-state index in [0.717, 1.165) is 19.4 Å². The molecule has 0 aliphatic rings. The van der Waals surface area contributed by atoms with Gasteiger partial charge in [0, 0.05) is 24.3 Å². The van der Waals surface area contributed by atoms with Crippen molar-refractivity contribution in [3.05, 3.63) is 54.6 Å². The lowest BCUT2D eigenvalue weighted by molar-refractivity contribution is 0.223. The highest BCUT2D eigenvalue weighted by Gasteiger charge is 2.20. The molecule has 0 spiro atoms. The fourth-order valence-electron chi connectivity index (χ4n) is 1.78. The fraction of sp³-hybridized carbons (Fsp3) is 0.333. The summed E-state index contributed by atoms with van der Waals surface area (Å²) in [6, 6.07) is 9.97. The molecule has 1 heterocycles. The first-order chi connectivity index (χ1) is 8.79. The van der Waals surface area contributed by atoms with E-state index in [1.165, 1.54) is 4.88 Å². The summed E-state index contributed by atoms with van der Waals surface area (Å²) in [5, 5.41) is 10.5. The van der Waals surface area contributed by atoms with Gasteiger partial charge < -0.3 is 5.11 Å². The van der Waals surface area contributed by atoms with E-state index in [1.54, 1.807) is 11.3 Å². The molecule has 0 saturated heterocycles. The van der Waals surface area contributed by atoms with Crippen LogP contribution < -0.4 is 0 Å². The van der Waals surface area contributed by atoms with Gasteiger partial charge >= 0.3 is 0 Å². The van der Waals surface area contributed by atoms with Gasteiger partial charge in [0.1, 0.15) is 6.10 Å². The first-order valence-corrected chi connectivity index (χ1v) is 8.42. The first-order valence-electron chi connectivity index (χ1n) is 6.02. The predicted octanol–water partition coefficient (Wildman–Crippen LogP) is 5.65. The Balaban J connectivity index is 2.34. The number of thiophene rings is 1. The highest BCUT2D eigenvalue weighted by molar-refractivity contribution is 9.11. The van der Waals surface area contributed by atoms with Crippen molar-refractivity contribution >= 4 is 43.2 Å². The zero-order valence-electron chi connectivity index (χ0n) is 11.1. The molecule has 0 aliphatic carbocycles. The average molecular weight is 404 g/mol. The van der Waals surface area contributed by atoms with E-state index in [4.69, 9.17) is 0 Å². The Morgan fingerprint density at radius 2 is 1.79 bits per heavy atom. The lowest BCUT2D eigenvalue weighted by Gasteiger charge is -2.16. The average Bonchev–Trinajstić information content (AvgIpc) is 2.76. The van der Waals surface area contributed by atoms with Crippen LogP contribution in [-0.2, 0) is 5.41 Å². The molecule has 1 N–H and O–H groups in total. The number of benzene rings is 1. The maximum absolute atomic E-state index is 10.5. The van der Waals surface area contributed by atoms with Gasteiger partial charge in [-0.2, -0.15) is 0 Å². The van der Waals surface area contributed by atoms with E-state index in [0.29, 0.717) is 0 Å². The monoisotopic (exact) mass is 402 g/mol. The Morgan fingerprint density at radius 1 is 1.11 bits per heavy atom. The minimum absolute atomic E-state index is 0.125. The molecule has 102 valence electrons. The highest BCUT2D eigenvalue weighted by atomic mass is 79.9. The molecule has 4 heteroatoms. The quantitative estimate of drug-likeness (QED) is 0.686. The van der Waals surface area contributed by atoms with Gasteiger partial charge in [-0.05, 0) is 29.7 Å². The molecule has 1 aromatic carbocycles. The second kappa shape index (κ2) is 5.68. The van der Waals surface area contributed by atoms with E-state index < -0.39 is 6.10 Å². The maximum atomic E-state index is 10.5. The van der Waals surface area contributed by atoms with E-state index in [9.17, 15) is 5.11 Å². The van der Waals surface area contributed by atoms with Crippen LogP contribution in [0.2, 0.25) is 0 Å². The molecular formula is C15H16Br2OS. The summed E-state index contributed by atoms with van der Waals surface area (Å²) in [5.74, 6) is 0. The van der Waals surface area contributed by atoms with Gasteiger partial charge in [-0.25, -0.2) is 0 Å². The topological polar surface area (TPSA) is 20.2 Å². The number of rotatable bonds is 2. The molecule has 0 saturated carbocycles. The Morgan fingerprint density at radius 3 is 2.32 bits per heavy atom. The molecule has 1 unspecified atom stereocenters. The summed E-state index contributed by atoms with van der Waals surface area (Å²) in [6.07, 6.45) is -0.580. The van der Waals surface area contributed by atoms with Crippen LogP contribution in [0.1, 0.15) is 42.2 Å². The van der Waals surface area contributed by atoms with Crippen LogP contribution in [0.15, 0.2) is 39.3 Å². The molecule has 0 fully saturated rings. The van der Waals surface area contributed by atoms with E-state index in [-0.39, 0.29) is 5.41 Å². The summed E-state index contributed by atoms with van der Waals surface area (Å²) in [5.41, 5.74) is 1.02. The zero-order valence-corrected chi connectivity index (χ0v) is 15.1. The van der Waals surface area contributed by atoms with E-state index >= 15 is 0 Å². The van der Waals surface area contributed by atoms with E-state index in [2.05, 4.69) is 58.7 Å². The Bertz CT molecular complexity index is 584. The van der Waals surface area contributed by atoms with Gasteiger partial charge in [-0.3, -0.25) is 0 Å². The van der Waals surface area contributed by atoms with Crippen molar-refractivity contribution in [2.75, 3.05) is 0 Å². The van der Waals surface area contributed by atoms with Crippen LogP contribution in [0.3, 0.4) is 0 Å². The van der Waals surface area contributed by atoms with Gasteiger partial charge in [0.2, 0.25) is 0 Å². The first kappa shape index (κ1) is 15.2. The molecule has 0 bridgehead atoms. The molecule has 0 aliphatic heterocycles. The minimum atomic E-state index is -0.580. The van der Waals surface area contributed by atoms with Crippen molar-refractivity contribution in [1.82, 2.24) is 0 Å². The van der Waals surface area contributed by atoms with Crippen molar-refractivity contribution in [2.45, 2.75) is 32.3 Å². The normalized spacial score (nSPS) is 13.6. The Hall–Kier alpha value is -0.160. The third-order valence-corrected chi connectivity index (χ3v) is 5.64. The van der Waals surface area contributed by atoms with Crippen molar-refractivity contribution < 1.29 is 5.11 Å². The van der Waals surface area contributed by atoms with Gasteiger partial charge in [-0.1, -0.05) is 58.7 Å². The molecule has 1 nitrogen and oxygen atoms in total. The molecule has 1 atom stereocenters. The van der Waals surface area contributed by atoms with Crippen LogP contribution in [-0.4, -0.2) is 5.11 Å². The second-order valence-electron chi connectivity index (χ2n) is 5.52. The fourth-order valence-corrected chi connectivity index (χ4v) is 4.11. The smallest absolute Gasteiger partial charge is 0.114 e. The standard InChI is InChI=1S/C15H16Br2OS/c1-15(2,3)13-7-6-12(19-13)14(18)10-5-4-9(16)8-11(10)17/h4-8,14,18H,1-3H3. The van der Waals surface area contributed by atoms with Crippen LogP contribution >= 0.6 is 43.2 Å². The van der Waals surface area contributed by atoms with Crippen molar-refractivity contribution in [1.29, 1.82) is 0 Å². The third-order valence-electron chi connectivity index (χ3n) is 2.89. The number of aliphatic hydroxyl groups excluding tert-OH is 1. The van der Waals surface area contributed by atoms with Crippen LogP contribution in [0.4, 0.5) is 0 Å². The van der Waals surface area contributed by atoms with Crippen molar-refractivity contribution in [3.63, 3.8) is 0 Å². The number of aliphatic hydroxyl groups is 1. The number of halogens is 2. The minimum Gasteiger partial charge on any atom is -0.383 e. The lowest BCUT2D eigenvalue weighted by atomic mass is 9.95. The molecule has 19 heavy (non-hydrogen) atoms. The van der Waals surface area contributed by atoms with E-state index in [1.807, 2.05) is 24.3 Å². The Labute approximate surface area is 134 Å². The van der Waals surface area contributed by atoms with Gasteiger partial charge in [-0.15, -0.1) is 11.3 Å². The maximum Gasteiger partial charge on any atom is 0.114 e. The van der Waals surface area contributed by atoms with Crippen molar-refractivity contribution in [3.8, 4) is 0 Å². The van der Waals surface area contributed by atoms with Crippen LogP contribution in [0.25, 0.3) is 0 Å². The third kappa shape index (κ3) is 3.48. The second-order valence-corrected chi connectivity index (χ2v) is 8.41. The van der Waals surface area contributed by atoms with Gasteiger partial charge in [0.05, 0.1) is 0 Å². The van der Waals surface area contributed by atoms with Crippen LogP contribution in [0, 0.1) is 0 Å². The molecule has 0 radical (unpaired) electrons. The zero-order chi connectivity index (χ0) is 14.2. The molecular weight excluding hydrogens is 388 g/mol. The van der Waals surface area contributed by atoms with Gasteiger partial charge in [0.25, 0.3) is 0 Å². The number of hydrogen-bond acceptors (Lipinski definition) is 2. The molecule has 2 rings (SSSR count). The van der Waals surface area contributed by atoms with Crippen molar-refractivity contribution in [2.24, 2.45) is 0 Å². The van der Waals surface area contributed by atoms with Gasteiger partial charge in [0.15, 0.2) is 0 Å². The lowest BCUT2D eigenvalue weighted by Crippen LogP contribution is -2.07. The molecule has 1 aromatic heterocycles. The summed E-state index contributed by atoms with van der Waals surface area (Å²) < 4.78 is 1.91. The summed E-state index contributed by atoms with van der Waals surface area (Å²) in [4.78, 5) is 2.27. The summed E-state index contributed by atoms with van der Waals surface area (Å²) in [6.45, 7) is 6.56. The predicted molar refractivity (Wildman–Crippen MR) is 88.9 cm³/mol. The highest BCUT2D eigenvalue weighted by Crippen LogP contribution is 2.37. The number of hydrogen-bond donors (Lipinski definition) is 1. The summed E-state index contributed by atoms with van der Waals surface area (Å²) in [7, 11) is 0. The van der Waals surface area contributed by atoms with Crippen LogP contribution in [0.5, 0.6) is 0 Å².